The molecule has 4 rings (SSSR count). The first-order chi connectivity index (χ1) is 14.2. The second kappa shape index (κ2) is 8.98. The Hall–Kier alpha value is -3.03. The zero-order valence-corrected chi connectivity index (χ0v) is 16.9. The molecule has 146 valence electrons. The Morgan fingerprint density at radius 1 is 1.03 bits per heavy atom. The van der Waals surface area contributed by atoms with Crippen LogP contribution in [-0.2, 0) is 11.3 Å². The molecular weight excluding hydrogens is 408 g/mol. The van der Waals surface area contributed by atoms with E-state index in [0.717, 1.165) is 17.1 Å². The lowest BCUT2D eigenvalue weighted by Gasteiger charge is -2.09. The summed E-state index contributed by atoms with van der Waals surface area (Å²) in [5.74, 6) is 1.51. The van der Waals surface area contributed by atoms with Crippen LogP contribution < -0.4 is 5.32 Å². The van der Waals surface area contributed by atoms with Crippen molar-refractivity contribution < 1.29 is 9.21 Å². The van der Waals surface area contributed by atoms with Gasteiger partial charge >= 0.3 is 0 Å². The first-order valence-corrected chi connectivity index (χ1v) is 10.3. The Balaban J connectivity index is 1.53. The standard InChI is InChI=1S/C21H17ClN4O2S/c22-17-10-4-5-11-18(17)23-19(27)14-29-21-25-24-20(15-7-2-1-3-8-15)26(21)13-16-9-6-12-28-16/h1-12H,13-14H2,(H,23,27). The van der Waals surface area contributed by atoms with E-state index in [4.69, 9.17) is 16.0 Å². The minimum absolute atomic E-state index is 0.170. The van der Waals surface area contributed by atoms with E-state index in [-0.39, 0.29) is 11.7 Å². The van der Waals surface area contributed by atoms with Crippen molar-refractivity contribution >= 4 is 35.0 Å². The fraction of sp³-hybridized carbons (Fsp3) is 0.0952. The highest BCUT2D eigenvalue weighted by molar-refractivity contribution is 7.99. The van der Waals surface area contributed by atoms with Gasteiger partial charge in [-0.2, -0.15) is 0 Å². The Bertz CT molecular complexity index is 1100. The van der Waals surface area contributed by atoms with E-state index in [1.54, 1.807) is 18.4 Å². The second-order valence-electron chi connectivity index (χ2n) is 6.15. The van der Waals surface area contributed by atoms with Crippen LogP contribution in [0, 0.1) is 0 Å². The van der Waals surface area contributed by atoms with Crippen LogP contribution >= 0.6 is 23.4 Å². The molecule has 0 aliphatic heterocycles. The summed E-state index contributed by atoms with van der Waals surface area (Å²) in [7, 11) is 0. The number of nitrogens with zero attached hydrogens (tertiary/aromatic N) is 3. The van der Waals surface area contributed by atoms with E-state index >= 15 is 0 Å². The summed E-state index contributed by atoms with van der Waals surface area (Å²) in [4.78, 5) is 12.4. The van der Waals surface area contributed by atoms with Crippen LogP contribution in [0.1, 0.15) is 5.76 Å². The number of rotatable bonds is 7. The Morgan fingerprint density at radius 3 is 2.59 bits per heavy atom. The average molecular weight is 425 g/mol. The number of carbonyl (C=O) groups is 1. The first kappa shape index (κ1) is 19.3. The van der Waals surface area contributed by atoms with Gasteiger partial charge in [0.1, 0.15) is 5.76 Å². The molecule has 0 saturated carbocycles. The van der Waals surface area contributed by atoms with Gasteiger partial charge < -0.3 is 9.73 Å². The molecule has 6 nitrogen and oxygen atoms in total. The zero-order chi connectivity index (χ0) is 20.1. The predicted octanol–water partition coefficient (Wildman–Crippen LogP) is 4.97. The van der Waals surface area contributed by atoms with Crippen molar-refractivity contribution in [3.63, 3.8) is 0 Å². The van der Waals surface area contributed by atoms with Gasteiger partial charge in [0.05, 0.1) is 29.3 Å². The smallest absolute Gasteiger partial charge is 0.234 e. The summed E-state index contributed by atoms with van der Waals surface area (Å²) < 4.78 is 7.44. The number of nitrogens with one attached hydrogen (secondary N) is 1. The summed E-state index contributed by atoms with van der Waals surface area (Å²) in [6.45, 7) is 0.471. The fourth-order valence-corrected chi connectivity index (χ4v) is 3.70. The topological polar surface area (TPSA) is 73.0 Å². The van der Waals surface area contributed by atoms with Crippen molar-refractivity contribution in [2.24, 2.45) is 0 Å². The number of benzene rings is 2. The summed E-state index contributed by atoms with van der Waals surface area (Å²) in [5, 5.41) is 12.6. The van der Waals surface area contributed by atoms with E-state index in [0.29, 0.717) is 22.4 Å². The molecule has 0 saturated heterocycles. The highest BCUT2D eigenvalue weighted by Gasteiger charge is 2.17. The third-order valence-corrected chi connectivity index (χ3v) is 5.42. The van der Waals surface area contributed by atoms with Gasteiger partial charge in [-0.3, -0.25) is 9.36 Å². The maximum absolute atomic E-state index is 12.4. The monoisotopic (exact) mass is 424 g/mol. The molecule has 29 heavy (non-hydrogen) atoms. The zero-order valence-electron chi connectivity index (χ0n) is 15.3. The fourth-order valence-electron chi connectivity index (χ4n) is 2.78. The van der Waals surface area contributed by atoms with E-state index in [1.807, 2.05) is 59.2 Å². The number of aromatic nitrogens is 3. The normalized spacial score (nSPS) is 10.8. The Kier molecular flexibility index (Phi) is 5.97. The average Bonchev–Trinajstić information content (AvgIpc) is 3.39. The van der Waals surface area contributed by atoms with E-state index in [2.05, 4.69) is 15.5 Å². The SMILES string of the molecule is O=C(CSc1nnc(-c2ccccc2)n1Cc1ccco1)Nc1ccccc1Cl. The molecule has 0 aliphatic rings. The molecule has 0 bridgehead atoms. The Morgan fingerprint density at radius 2 is 1.83 bits per heavy atom. The number of hydrogen-bond acceptors (Lipinski definition) is 5. The molecule has 1 amide bonds. The van der Waals surface area contributed by atoms with Crippen molar-refractivity contribution in [2.75, 3.05) is 11.1 Å². The van der Waals surface area contributed by atoms with E-state index in [1.165, 1.54) is 11.8 Å². The molecule has 8 heteroatoms. The highest BCUT2D eigenvalue weighted by Crippen LogP contribution is 2.26. The molecule has 0 fully saturated rings. The van der Waals surface area contributed by atoms with Crippen LogP contribution in [0.15, 0.2) is 82.6 Å². The van der Waals surface area contributed by atoms with Gasteiger partial charge in [0.2, 0.25) is 5.91 Å². The first-order valence-electron chi connectivity index (χ1n) is 8.89. The van der Waals surface area contributed by atoms with Crippen LogP contribution in [0.5, 0.6) is 0 Å². The maximum Gasteiger partial charge on any atom is 0.234 e. The third-order valence-electron chi connectivity index (χ3n) is 4.12. The van der Waals surface area contributed by atoms with Crippen LogP contribution in [-0.4, -0.2) is 26.4 Å². The van der Waals surface area contributed by atoms with Crippen molar-refractivity contribution in [3.8, 4) is 11.4 Å². The number of furan rings is 1. The summed E-state index contributed by atoms with van der Waals surface area (Å²) in [6.07, 6.45) is 1.63. The van der Waals surface area contributed by atoms with Gasteiger partial charge in [-0.1, -0.05) is 65.8 Å². The minimum Gasteiger partial charge on any atom is -0.467 e. The lowest BCUT2D eigenvalue weighted by atomic mass is 10.2. The molecular formula is C21H17ClN4O2S. The van der Waals surface area contributed by atoms with Gasteiger partial charge in [-0.15, -0.1) is 10.2 Å². The summed E-state index contributed by atoms with van der Waals surface area (Å²) in [6, 6.07) is 20.7. The minimum atomic E-state index is -0.170. The predicted molar refractivity (Wildman–Crippen MR) is 114 cm³/mol. The number of carbonyl (C=O) groups excluding carboxylic acids is 1. The van der Waals surface area contributed by atoms with Crippen LogP contribution in [0.4, 0.5) is 5.69 Å². The molecule has 4 aromatic rings. The van der Waals surface area contributed by atoms with Crippen LogP contribution in [0.3, 0.4) is 0 Å². The molecule has 0 radical (unpaired) electrons. The van der Waals surface area contributed by atoms with Gasteiger partial charge in [-0.05, 0) is 24.3 Å². The quantitative estimate of drug-likeness (QED) is 0.424. The largest absolute Gasteiger partial charge is 0.467 e. The van der Waals surface area contributed by atoms with Crippen molar-refractivity contribution in [1.29, 1.82) is 0 Å². The molecule has 0 spiro atoms. The number of anilines is 1. The lowest BCUT2D eigenvalue weighted by molar-refractivity contribution is -0.113. The molecule has 0 atom stereocenters. The van der Waals surface area contributed by atoms with Crippen molar-refractivity contribution in [3.05, 3.63) is 83.8 Å². The van der Waals surface area contributed by atoms with Gasteiger partial charge in [-0.25, -0.2) is 0 Å². The number of para-hydroxylation sites is 1. The van der Waals surface area contributed by atoms with Crippen molar-refractivity contribution in [1.82, 2.24) is 14.8 Å². The molecule has 2 aromatic heterocycles. The molecule has 0 aliphatic carbocycles. The van der Waals surface area contributed by atoms with Crippen molar-refractivity contribution in [2.45, 2.75) is 11.7 Å². The maximum atomic E-state index is 12.4. The lowest BCUT2D eigenvalue weighted by Crippen LogP contribution is -2.15. The van der Waals surface area contributed by atoms with E-state index < -0.39 is 0 Å². The summed E-state index contributed by atoms with van der Waals surface area (Å²) in [5.41, 5.74) is 1.53. The third kappa shape index (κ3) is 4.70. The van der Waals surface area contributed by atoms with E-state index in [9.17, 15) is 4.79 Å². The second-order valence-corrected chi connectivity index (χ2v) is 7.50. The van der Waals surface area contributed by atoms with Crippen LogP contribution in [0.2, 0.25) is 5.02 Å². The van der Waals surface area contributed by atoms with Crippen LogP contribution in [0.25, 0.3) is 11.4 Å². The molecule has 0 unspecified atom stereocenters. The Labute approximate surface area is 176 Å². The number of thioether (sulfide) groups is 1. The molecule has 2 aromatic carbocycles. The van der Waals surface area contributed by atoms with Gasteiger partial charge in [0, 0.05) is 5.56 Å². The number of amides is 1. The molecule has 1 N–H and O–H groups in total. The van der Waals surface area contributed by atoms with Gasteiger partial charge in [0.15, 0.2) is 11.0 Å². The number of halogens is 1. The summed E-state index contributed by atoms with van der Waals surface area (Å²) >= 11 is 7.41. The highest BCUT2D eigenvalue weighted by atomic mass is 35.5. The number of hydrogen-bond donors (Lipinski definition) is 1. The molecule has 2 heterocycles. The van der Waals surface area contributed by atoms with Gasteiger partial charge in [0.25, 0.3) is 0 Å².